The third-order valence-electron chi connectivity index (χ3n) is 4.20. The van der Waals surface area contributed by atoms with E-state index in [2.05, 4.69) is 10.7 Å². The monoisotopic (exact) mass is 297 g/mol. The zero-order valence-corrected chi connectivity index (χ0v) is 11.7. The molecule has 0 radical (unpaired) electrons. The number of fused-ring (bicyclic) bond motifs is 1. The number of hydrazine groups is 1. The van der Waals surface area contributed by atoms with Gasteiger partial charge in [0.2, 0.25) is 11.8 Å². The Hall–Kier alpha value is -2.44. The van der Waals surface area contributed by atoms with Gasteiger partial charge in [0, 0.05) is 6.54 Å². The van der Waals surface area contributed by atoms with E-state index in [-0.39, 0.29) is 17.9 Å². The number of hydrogen-bond acceptors (Lipinski definition) is 5. The molecule has 6 heteroatoms. The molecule has 0 spiro atoms. The second-order valence-electron chi connectivity index (χ2n) is 5.56. The van der Waals surface area contributed by atoms with Crippen LogP contribution in [-0.2, 0) is 16.1 Å². The number of furan rings is 1. The number of carbonyl (C=O) groups is 2. The number of amides is 2. The lowest BCUT2D eigenvalue weighted by Crippen LogP contribution is -2.43. The van der Waals surface area contributed by atoms with Gasteiger partial charge in [0.1, 0.15) is 11.8 Å². The topological polar surface area (TPSA) is 74.6 Å². The molecule has 2 aromatic rings. The molecule has 2 aliphatic heterocycles. The van der Waals surface area contributed by atoms with Gasteiger partial charge in [-0.3, -0.25) is 14.9 Å². The van der Waals surface area contributed by atoms with E-state index in [0.29, 0.717) is 12.3 Å². The molecule has 4 rings (SSSR count). The van der Waals surface area contributed by atoms with Gasteiger partial charge in [-0.2, -0.15) is 0 Å². The van der Waals surface area contributed by atoms with Crippen LogP contribution < -0.4 is 10.7 Å². The molecule has 2 fully saturated rings. The summed E-state index contributed by atoms with van der Waals surface area (Å²) in [7, 11) is 0. The predicted octanol–water partition coefficient (Wildman–Crippen LogP) is 0.982. The van der Waals surface area contributed by atoms with E-state index < -0.39 is 12.0 Å². The third-order valence-corrected chi connectivity index (χ3v) is 4.20. The summed E-state index contributed by atoms with van der Waals surface area (Å²) >= 11 is 0. The number of imide groups is 1. The Morgan fingerprint density at radius 2 is 1.86 bits per heavy atom. The summed E-state index contributed by atoms with van der Waals surface area (Å²) in [4.78, 5) is 24.3. The molecule has 2 saturated heterocycles. The fraction of sp³-hybridized carbons (Fsp3) is 0.250. The maximum Gasteiger partial charge on any atom is 0.246 e. The van der Waals surface area contributed by atoms with Gasteiger partial charge in [-0.25, -0.2) is 10.4 Å². The lowest BCUT2D eigenvalue weighted by atomic mass is 9.94. The normalized spacial score (nSPS) is 27.9. The maximum atomic E-state index is 12.1. The highest BCUT2D eigenvalue weighted by Gasteiger charge is 2.55. The van der Waals surface area contributed by atoms with Gasteiger partial charge in [0.15, 0.2) is 0 Å². The van der Waals surface area contributed by atoms with Gasteiger partial charge in [-0.1, -0.05) is 30.3 Å². The fourth-order valence-corrected chi connectivity index (χ4v) is 3.23. The van der Waals surface area contributed by atoms with Crippen LogP contribution in [0.3, 0.4) is 0 Å². The molecular weight excluding hydrogens is 282 g/mol. The fourth-order valence-electron chi connectivity index (χ4n) is 3.23. The van der Waals surface area contributed by atoms with Crippen molar-refractivity contribution in [3.05, 3.63) is 60.1 Å². The van der Waals surface area contributed by atoms with Crippen molar-refractivity contribution in [3.8, 4) is 0 Å². The van der Waals surface area contributed by atoms with Crippen LogP contribution in [0.5, 0.6) is 0 Å². The Bertz CT molecular complexity index is 699. The average Bonchev–Trinajstić information content (AvgIpc) is 3.20. The first kappa shape index (κ1) is 13.2. The van der Waals surface area contributed by atoms with Crippen molar-refractivity contribution in [2.45, 2.75) is 18.6 Å². The molecule has 22 heavy (non-hydrogen) atoms. The number of rotatable bonds is 3. The van der Waals surface area contributed by atoms with E-state index in [1.807, 2.05) is 41.4 Å². The van der Waals surface area contributed by atoms with E-state index in [1.54, 1.807) is 12.3 Å². The quantitative estimate of drug-likeness (QED) is 0.826. The van der Waals surface area contributed by atoms with Crippen molar-refractivity contribution < 1.29 is 14.0 Å². The van der Waals surface area contributed by atoms with E-state index >= 15 is 0 Å². The zero-order chi connectivity index (χ0) is 15.1. The lowest BCUT2D eigenvalue weighted by Gasteiger charge is -2.21. The van der Waals surface area contributed by atoms with Crippen LogP contribution in [0.2, 0.25) is 0 Å². The summed E-state index contributed by atoms with van der Waals surface area (Å²) in [5.74, 6) is -0.315. The minimum Gasteiger partial charge on any atom is -0.468 e. The number of hydrogen-bond donors (Lipinski definition) is 2. The summed E-state index contributed by atoms with van der Waals surface area (Å²) in [5, 5.41) is 4.25. The van der Waals surface area contributed by atoms with Crippen molar-refractivity contribution in [2.24, 2.45) is 5.92 Å². The van der Waals surface area contributed by atoms with E-state index in [4.69, 9.17) is 4.42 Å². The van der Waals surface area contributed by atoms with Crippen LogP contribution in [0.15, 0.2) is 53.1 Å². The summed E-state index contributed by atoms with van der Waals surface area (Å²) in [6.07, 6.45) is 1.57. The highest BCUT2D eigenvalue weighted by atomic mass is 16.3. The number of carbonyl (C=O) groups excluding carboxylic acids is 2. The molecule has 1 aromatic heterocycles. The Morgan fingerprint density at radius 3 is 2.59 bits per heavy atom. The zero-order valence-electron chi connectivity index (χ0n) is 11.7. The van der Waals surface area contributed by atoms with Crippen molar-refractivity contribution in [1.82, 2.24) is 15.8 Å². The minimum atomic E-state index is -0.511. The Kier molecular flexibility index (Phi) is 3.06. The summed E-state index contributed by atoms with van der Waals surface area (Å²) in [6, 6.07) is 12.6. The second-order valence-corrected chi connectivity index (χ2v) is 5.56. The highest BCUT2D eigenvalue weighted by molar-refractivity contribution is 6.07. The van der Waals surface area contributed by atoms with Crippen LogP contribution in [0.1, 0.15) is 17.4 Å². The van der Waals surface area contributed by atoms with E-state index in [1.165, 1.54) is 0 Å². The largest absolute Gasteiger partial charge is 0.468 e. The Labute approximate surface area is 127 Å². The first-order chi connectivity index (χ1) is 10.7. The molecule has 3 atom stereocenters. The van der Waals surface area contributed by atoms with Crippen molar-refractivity contribution in [2.75, 3.05) is 0 Å². The number of nitrogens with one attached hydrogen (secondary N) is 2. The number of benzene rings is 1. The van der Waals surface area contributed by atoms with Crippen LogP contribution in [0, 0.1) is 5.92 Å². The van der Waals surface area contributed by atoms with Crippen LogP contribution >= 0.6 is 0 Å². The molecule has 1 aromatic carbocycles. The molecule has 2 aliphatic rings. The van der Waals surface area contributed by atoms with E-state index in [9.17, 15) is 9.59 Å². The minimum absolute atomic E-state index is 0.250. The van der Waals surface area contributed by atoms with Gasteiger partial charge < -0.3 is 4.42 Å². The van der Waals surface area contributed by atoms with Crippen LogP contribution in [0.25, 0.3) is 0 Å². The lowest BCUT2D eigenvalue weighted by molar-refractivity contribution is -0.127. The van der Waals surface area contributed by atoms with Crippen molar-refractivity contribution in [3.63, 3.8) is 0 Å². The predicted molar refractivity (Wildman–Crippen MR) is 77.0 cm³/mol. The summed E-state index contributed by atoms with van der Waals surface area (Å²) < 4.78 is 5.43. The smallest absolute Gasteiger partial charge is 0.246 e. The molecule has 2 amide bonds. The van der Waals surface area contributed by atoms with Gasteiger partial charge in [0.25, 0.3) is 0 Å². The van der Waals surface area contributed by atoms with Gasteiger partial charge >= 0.3 is 0 Å². The van der Waals surface area contributed by atoms with Crippen molar-refractivity contribution >= 4 is 11.8 Å². The molecule has 112 valence electrons. The van der Waals surface area contributed by atoms with Crippen LogP contribution in [-0.4, -0.2) is 22.9 Å². The van der Waals surface area contributed by atoms with Crippen molar-refractivity contribution in [1.29, 1.82) is 0 Å². The first-order valence-electron chi connectivity index (χ1n) is 7.19. The molecule has 3 heterocycles. The Morgan fingerprint density at radius 1 is 1.05 bits per heavy atom. The van der Waals surface area contributed by atoms with Crippen LogP contribution in [0.4, 0.5) is 0 Å². The summed E-state index contributed by atoms with van der Waals surface area (Å²) in [5.41, 5.74) is 4.33. The van der Waals surface area contributed by atoms with Gasteiger partial charge in [-0.15, -0.1) is 0 Å². The molecule has 0 unspecified atom stereocenters. The number of nitrogens with zero attached hydrogens (tertiary/aromatic N) is 1. The maximum absolute atomic E-state index is 12.1. The molecule has 0 aliphatic carbocycles. The average molecular weight is 297 g/mol. The standard InChI is InChI=1S/C16H15N3O3/c20-15-12-13(11-7-4-8-22-11)18-19(14(12)16(21)17-15)9-10-5-2-1-3-6-10/h1-8,12-14,18H,9H2,(H,17,20,21)/t12-,13+,14-/m0/s1. The molecule has 2 N–H and O–H groups in total. The second kappa shape index (κ2) is 5.08. The molecule has 6 nitrogen and oxygen atoms in total. The van der Waals surface area contributed by atoms with E-state index in [0.717, 1.165) is 5.56 Å². The third kappa shape index (κ3) is 2.04. The first-order valence-corrected chi connectivity index (χ1v) is 7.19. The molecule has 0 bridgehead atoms. The van der Waals surface area contributed by atoms with Gasteiger partial charge in [-0.05, 0) is 17.7 Å². The Balaban J connectivity index is 1.65. The van der Waals surface area contributed by atoms with Gasteiger partial charge in [0.05, 0.1) is 18.2 Å². The molecule has 0 saturated carbocycles. The summed E-state index contributed by atoms with van der Waals surface area (Å²) in [6.45, 7) is 0.542. The molecular formula is C16H15N3O3. The highest BCUT2D eigenvalue weighted by Crippen LogP contribution is 2.37. The SMILES string of the molecule is O=C1NC(=O)[C@@H]2[C@@H]1[C@@H](c1ccco1)NN2Cc1ccccc1.